The van der Waals surface area contributed by atoms with Crippen molar-refractivity contribution in [3.05, 3.63) is 71.1 Å². The van der Waals surface area contributed by atoms with E-state index < -0.39 is 0 Å². The molecule has 1 aromatic heterocycles. The molecule has 4 rings (SSSR count). The number of piperazine rings is 1. The molecule has 3 aromatic rings. The molecule has 8 heteroatoms. The molecule has 1 aliphatic rings. The van der Waals surface area contributed by atoms with Crippen molar-refractivity contribution in [2.24, 2.45) is 0 Å². The number of nitrogens with zero attached hydrogens (tertiary/aromatic N) is 5. The quantitative estimate of drug-likeness (QED) is 0.708. The van der Waals surface area contributed by atoms with Gasteiger partial charge >= 0.3 is 0 Å². The summed E-state index contributed by atoms with van der Waals surface area (Å²) in [6, 6.07) is 14.3. The number of nitrogens with one attached hydrogen (secondary N) is 1. The van der Waals surface area contributed by atoms with Crippen molar-refractivity contribution in [2.75, 3.05) is 41.3 Å². The summed E-state index contributed by atoms with van der Waals surface area (Å²) >= 11 is 6.19. The van der Waals surface area contributed by atoms with E-state index in [9.17, 15) is 4.39 Å². The molecule has 0 amide bonds. The average Bonchev–Trinajstić information content (AvgIpc) is 2.74. The van der Waals surface area contributed by atoms with Crippen molar-refractivity contribution in [3.63, 3.8) is 0 Å². The maximum atomic E-state index is 13.1. The minimum Gasteiger partial charge on any atom is -0.368 e. The van der Waals surface area contributed by atoms with Gasteiger partial charge in [-0.2, -0.15) is 10.1 Å². The summed E-state index contributed by atoms with van der Waals surface area (Å²) in [6.45, 7) is 3.80. The summed E-state index contributed by atoms with van der Waals surface area (Å²) in [5.74, 6) is 1.04. The lowest BCUT2D eigenvalue weighted by Crippen LogP contribution is -2.47. The predicted octanol–water partition coefficient (Wildman–Crippen LogP) is 3.60. The van der Waals surface area contributed by atoms with E-state index in [1.165, 1.54) is 12.1 Å². The lowest BCUT2D eigenvalue weighted by atomic mass is 10.2. The number of hydrogen-bond donors (Lipinski definition) is 1. The van der Waals surface area contributed by atoms with Gasteiger partial charge in [0.1, 0.15) is 5.82 Å². The Morgan fingerprint density at radius 3 is 2.43 bits per heavy atom. The van der Waals surface area contributed by atoms with Crippen LogP contribution in [0.3, 0.4) is 0 Å². The summed E-state index contributed by atoms with van der Waals surface area (Å²) < 4.78 is 13.1. The maximum Gasteiger partial charge on any atom is 0.244 e. The van der Waals surface area contributed by atoms with Crippen LogP contribution in [0.2, 0.25) is 5.02 Å². The van der Waals surface area contributed by atoms with Gasteiger partial charge in [0.2, 0.25) is 5.95 Å². The molecule has 0 unspecified atom stereocenters. The van der Waals surface area contributed by atoms with Crippen molar-refractivity contribution >= 4 is 29.1 Å². The molecule has 1 fully saturated rings. The maximum absolute atomic E-state index is 13.1. The van der Waals surface area contributed by atoms with Gasteiger partial charge in [-0.25, -0.2) is 4.39 Å². The van der Waals surface area contributed by atoms with E-state index in [-0.39, 0.29) is 5.82 Å². The van der Waals surface area contributed by atoms with E-state index in [0.717, 1.165) is 43.2 Å². The van der Waals surface area contributed by atoms with Crippen LogP contribution in [0.1, 0.15) is 5.56 Å². The van der Waals surface area contributed by atoms with E-state index in [2.05, 4.69) is 30.3 Å². The highest BCUT2D eigenvalue weighted by Gasteiger charge is 2.19. The average molecular weight is 399 g/mol. The first-order valence-corrected chi connectivity index (χ1v) is 9.49. The molecule has 0 aliphatic carbocycles. The standard InChI is InChI=1S/C20H20ClFN6/c21-18-4-2-1-3-15(18)13-23-20-25-19(14-24-26-20)28-11-9-27(10-12-28)17-7-5-16(22)6-8-17/h1-8,14H,9-13H2,(H,23,25,26). The minimum atomic E-state index is -0.216. The Balaban J connectivity index is 1.37. The van der Waals surface area contributed by atoms with Crippen molar-refractivity contribution < 1.29 is 4.39 Å². The molecule has 2 aromatic carbocycles. The normalized spacial score (nSPS) is 14.2. The molecule has 28 heavy (non-hydrogen) atoms. The summed E-state index contributed by atoms with van der Waals surface area (Å²) in [5, 5.41) is 12.0. The predicted molar refractivity (Wildman–Crippen MR) is 109 cm³/mol. The minimum absolute atomic E-state index is 0.216. The van der Waals surface area contributed by atoms with Gasteiger partial charge in [0, 0.05) is 43.4 Å². The third-order valence-electron chi connectivity index (χ3n) is 4.74. The third kappa shape index (κ3) is 4.31. The van der Waals surface area contributed by atoms with Crippen LogP contribution >= 0.6 is 11.6 Å². The molecule has 2 heterocycles. The Morgan fingerprint density at radius 2 is 1.68 bits per heavy atom. The fourth-order valence-corrected chi connectivity index (χ4v) is 3.39. The largest absolute Gasteiger partial charge is 0.368 e. The third-order valence-corrected chi connectivity index (χ3v) is 5.11. The second kappa shape index (κ2) is 8.39. The van der Waals surface area contributed by atoms with Crippen LogP contribution in [0.15, 0.2) is 54.7 Å². The number of halogens is 2. The van der Waals surface area contributed by atoms with Crippen molar-refractivity contribution in [1.29, 1.82) is 0 Å². The molecule has 0 spiro atoms. The summed E-state index contributed by atoms with van der Waals surface area (Å²) in [4.78, 5) is 8.99. The summed E-state index contributed by atoms with van der Waals surface area (Å²) in [7, 11) is 0. The van der Waals surface area contributed by atoms with Gasteiger partial charge in [-0.1, -0.05) is 29.8 Å². The number of anilines is 3. The van der Waals surface area contributed by atoms with Gasteiger partial charge in [0.05, 0.1) is 6.20 Å². The van der Waals surface area contributed by atoms with Crippen LogP contribution in [-0.2, 0) is 6.54 Å². The number of hydrogen-bond acceptors (Lipinski definition) is 6. The van der Waals surface area contributed by atoms with E-state index in [1.807, 2.05) is 36.4 Å². The van der Waals surface area contributed by atoms with Gasteiger partial charge in [0.25, 0.3) is 0 Å². The molecule has 1 saturated heterocycles. The van der Waals surface area contributed by atoms with E-state index in [0.29, 0.717) is 17.5 Å². The molecular formula is C20H20ClFN6. The highest BCUT2D eigenvalue weighted by atomic mass is 35.5. The van der Waals surface area contributed by atoms with E-state index in [4.69, 9.17) is 11.6 Å². The molecule has 144 valence electrons. The topological polar surface area (TPSA) is 57.2 Å². The fourth-order valence-electron chi connectivity index (χ4n) is 3.18. The molecule has 0 bridgehead atoms. The number of aromatic nitrogens is 3. The lowest BCUT2D eigenvalue weighted by Gasteiger charge is -2.36. The van der Waals surface area contributed by atoms with Crippen molar-refractivity contribution in [1.82, 2.24) is 15.2 Å². The summed E-state index contributed by atoms with van der Waals surface area (Å²) in [5.41, 5.74) is 2.01. The highest BCUT2D eigenvalue weighted by Crippen LogP contribution is 2.20. The Bertz CT molecular complexity index is 928. The van der Waals surface area contributed by atoms with Gasteiger partial charge < -0.3 is 15.1 Å². The van der Waals surface area contributed by atoms with E-state index >= 15 is 0 Å². The van der Waals surface area contributed by atoms with Crippen LogP contribution in [0.4, 0.5) is 21.8 Å². The molecule has 6 nitrogen and oxygen atoms in total. The SMILES string of the molecule is Fc1ccc(N2CCN(c3cnnc(NCc4ccccc4Cl)n3)CC2)cc1. The Morgan fingerprint density at radius 1 is 0.964 bits per heavy atom. The van der Waals surface area contributed by atoms with Crippen LogP contribution in [0.5, 0.6) is 0 Å². The highest BCUT2D eigenvalue weighted by molar-refractivity contribution is 6.31. The zero-order valence-electron chi connectivity index (χ0n) is 15.2. The second-order valence-corrected chi connectivity index (χ2v) is 6.94. The van der Waals surface area contributed by atoms with Crippen LogP contribution in [0.25, 0.3) is 0 Å². The Labute approximate surface area is 168 Å². The number of benzene rings is 2. The molecule has 0 atom stereocenters. The van der Waals surface area contributed by atoms with Crippen LogP contribution in [0, 0.1) is 5.82 Å². The van der Waals surface area contributed by atoms with Gasteiger partial charge in [-0.15, -0.1) is 5.10 Å². The molecular weight excluding hydrogens is 379 g/mol. The van der Waals surface area contributed by atoms with Gasteiger partial charge in [0.15, 0.2) is 5.82 Å². The molecule has 1 aliphatic heterocycles. The smallest absolute Gasteiger partial charge is 0.244 e. The molecule has 0 saturated carbocycles. The first-order valence-electron chi connectivity index (χ1n) is 9.11. The van der Waals surface area contributed by atoms with E-state index in [1.54, 1.807) is 6.20 Å². The van der Waals surface area contributed by atoms with Gasteiger partial charge in [-0.3, -0.25) is 0 Å². The van der Waals surface area contributed by atoms with Crippen molar-refractivity contribution in [2.45, 2.75) is 6.54 Å². The van der Waals surface area contributed by atoms with Crippen LogP contribution in [-0.4, -0.2) is 41.4 Å². The zero-order valence-corrected chi connectivity index (χ0v) is 16.0. The first kappa shape index (κ1) is 18.4. The monoisotopic (exact) mass is 398 g/mol. The lowest BCUT2D eigenvalue weighted by molar-refractivity contribution is 0.624. The Hall–Kier alpha value is -2.93. The fraction of sp³-hybridized carbons (Fsp3) is 0.250. The summed E-state index contributed by atoms with van der Waals surface area (Å²) in [6.07, 6.45) is 1.67. The van der Waals surface area contributed by atoms with Gasteiger partial charge in [-0.05, 0) is 35.9 Å². The molecule has 0 radical (unpaired) electrons. The number of rotatable bonds is 5. The van der Waals surface area contributed by atoms with Crippen LogP contribution < -0.4 is 15.1 Å². The Kier molecular flexibility index (Phi) is 5.53. The molecule has 1 N–H and O–H groups in total. The first-order chi connectivity index (χ1) is 13.7. The van der Waals surface area contributed by atoms with Crippen molar-refractivity contribution in [3.8, 4) is 0 Å². The second-order valence-electron chi connectivity index (χ2n) is 6.53. The zero-order chi connectivity index (χ0) is 19.3.